The van der Waals surface area contributed by atoms with E-state index in [-0.39, 0.29) is 5.60 Å². The Balaban J connectivity index is 1.95. The zero-order valence-electron chi connectivity index (χ0n) is 10.3. The van der Waals surface area contributed by atoms with E-state index in [1.165, 1.54) is 12.8 Å². The van der Waals surface area contributed by atoms with Gasteiger partial charge in [-0.05, 0) is 39.7 Å². The highest BCUT2D eigenvalue weighted by molar-refractivity contribution is 5.23. The fraction of sp³-hybridized carbons (Fsp3) is 0.615. The Labute approximate surface area is 97.2 Å². The molecule has 2 rings (SSSR count). The first-order chi connectivity index (χ1) is 7.53. The van der Waals surface area contributed by atoms with Gasteiger partial charge >= 0.3 is 0 Å². The van der Waals surface area contributed by atoms with Crippen molar-refractivity contribution in [2.45, 2.75) is 51.8 Å². The molecule has 0 aromatic carbocycles. The number of aromatic nitrogens is 1. The molecule has 1 heterocycles. The predicted octanol–water partition coefficient (Wildman–Crippen LogP) is 2.51. The maximum absolute atomic E-state index is 5.80. The lowest BCUT2D eigenvalue weighted by atomic mass is 10.2. The molecule has 0 saturated heterocycles. The Bertz CT molecular complexity index is 353. The molecule has 0 amide bonds. The molecule has 16 heavy (non-hydrogen) atoms. The highest BCUT2D eigenvalue weighted by atomic mass is 16.5. The summed E-state index contributed by atoms with van der Waals surface area (Å²) in [5, 5.41) is 3.44. The second kappa shape index (κ2) is 4.42. The molecule has 1 aromatic rings. The second-order valence-corrected chi connectivity index (χ2v) is 5.35. The Kier molecular flexibility index (Phi) is 3.15. The Morgan fingerprint density at radius 3 is 2.81 bits per heavy atom. The van der Waals surface area contributed by atoms with Gasteiger partial charge in [0.05, 0.1) is 5.69 Å². The number of rotatable bonds is 4. The molecule has 1 saturated carbocycles. The first kappa shape index (κ1) is 11.4. The standard InChI is InChI=1S/C13H20N2O/c1-13(2,3)16-12-6-7-14-11(8-12)9-15-10-4-5-10/h6-8,10,15H,4-5,9H2,1-3H3. The lowest BCUT2D eigenvalue weighted by Gasteiger charge is -2.21. The summed E-state index contributed by atoms with van der Waals surface area (Å²) in [6.07, 6.45) is 4.42. The zero-order valence-corrected chi connectivity index (χ0v) is 10.3. The van der Waals surface area contributed by atoms with E-state index in [1.54, 1.807) is 0 Å². The van der Waals surface area contributed by atoms with Crippen LogP contribution >= 0.6 is 0 Å². The molecule has 1 aromatic heterocycles. The molecule has 1 fully saturated rings. The van der Waals surface area contributed by atoms with Gasteiger partial charge in [-0.2, -0.15) is 0 Å². The van der Waals surface area contributed by atoms with Gasteiger partial charge in [-0.1, -0.05) is 0 Å². The molecular formula is C13H20N2O. The van der Waals surface area contributed by atoms with E-state index in [9.17, 15) is 0 Å². The molecule has 88 valence electrons. The SMILES string of the molecule is CC(C)(C)Oc1ccnc(CNC2CC2)c1. The predicted molar refractivity (Wildman–Crippen MR) is 64.5 cm³/mol. The Morgan fingerprint density at radius 1 is 1.44 bits per heavy atom. The summed E-state index contributed by atoms with van der Waals surface area (Å²) in [5.74, 6) is 0.898. The topological polar surface area (TPSA) is 34.1 Å². The van der Waals surface area contributed by atoms with E-state index in [4.69, 9.17) is 4.74 Å². The molecular weight excluding hydrogens is 200 g/mol. The van der Waals surface area contributed by atoms with Gasteiger partial charge in [0.25, 0.3) is 0 Å². The highest BCUT2D eigenvalue weighted by Gasteiger charge is 2.20. The smallest absolute Gasteiger partial charge is 0.123 e. The summed E-state index contributed by atoms with van der Waals surface area (Å²) in [5.41, 5.74) is 0.899. The summed E-state index contributed by atoms with van der Waals surface area (Å²) in [6, 6.07) is 4.64. The van der Waals surface area contributed by atoms with Crippen LogP contribution in [-0.2, 0) is 6.54 Å². The summed E-state index contributed by atoms with van der Waals surface area (Å²) < 4.78 is 5.80. The summed E-state index contributed by atoms with van der Waals surface area (Å²) in [7, 11) is 0. The number of pyridine rings is 1. The van der Waals surface area contributed by atoms with Crippen LogP contribution < -0.4 is 10.1 Å². The van der Waals surface area contributed by atoms with Crippen LogP contribution in [0.3, 0.4) is 0 Å². The van der Waals surface area contributed by atoms with Gasteiger partial charge in [-0.15, -0.1) is 0 Å². The fourth-order valence-electron chi connectivity index (χ4n) is 1.51. The van der Waals surface area contributed by atoms with Crippen molar-refractivity contribution in [2.75, 3.05) is 0 Å². The van der Waals surface area contributed by atoms with E-state index in [0.29, 0.717) is 6.04 Å². The van der Waals surface area contributed by atoms with E-state index in [1.807, 2.05) is 18.3 Å². The van der Waals surface area contributed by atoms with Crippen molar-refractivity contribution in [1.29, 1.82) is 0 Å². The monoisotopic (exact) mass is 220 g/mol. The summed E-state index contributed by atoms with van der Waals surface area (Å²) >= 11 is 0. The number of hydrogen-bond donors (Lipinski definition) is 1. The van der Waals surface area contributed by atoms with E-state index < -0.39 is 0 Å². The average molecular weight is 220 g/mol. The van der Waals surface area contributed by atoms with E-state index in [0.717, 1.165) is 18.0 Å². The third-order valence-corrected chi connectivity index (χ3v) is 2.36. The molecule has 1 aliphatic carbocycles. The third kappa shape index (κ3) is 3.81. The maximum Gasteiger partial charge on any atom is 0.123 e. The van der Waals surface area contributed by atoms with Crippen molar-refractivity contribution >= 4 is 0 Å². The molecule has 0 radical (unpaired) electrons. The van der Waals surface area contributed by atoms with Crippen LogP contribution in [0.1, 0.15) is 39.3 Å². The molecule has 1 N–H and O–H groups in total. The number of hydrogen-bond acceptors (Lipinski definition) is 3. The minimum absolute atomic E-state index is 0.150. The van der Waals surface area contributed by atoms with Crippen LogP contribution in [0.25, 0.3) is 0 Å². The van der Waals surface area contributed by atoms with Gasteiger partial charge in [0.15, 0.2) is 0 Å². The van der Waals surface area contributed by atoms with Crippen molar-refractivity contribution in [2.24, 2.45) is 0 Å². The second-order valence-electron chi connectivity index (χ2n) is 5.35. The van der Waals surface area contributed by atoms with Crippen LogP contribution in [0, 0.1) is 0 Å². The van der Waals surface area contributed by atoms with Crippen molar-refractivity contribution < 1.29 is 4.74 Å². The van der Waals surface area contributed by atoms with Crippen molar-refractivity contribution in [3.63, 3.8) is 0 Å². The zero-order chi connectivity index (χ0) is 11.6. The molecule has 3 heteroatoms. The lowest BCUT2D eigenvalue weighted by molar-refractivity contribution is 0.130. The van der Waals surface area contributed by atoms with Gasteiger partial charge in [0.2, 0.25) is 0 Å². The molecule has 0 atom stereocenters. The summed E-state index contributed by atoms with van der Waals surface area (Å²) in [6.45, 7) is 6.99. The molecule has 0 spiro atoms. The van der Waals surface area contributed by atoms with Gasteiger partial charge in [0.1, 0.15) is 11.4 Å². The van der Waals surface area contributed by atoms with Crippen LogP contribution in [0.15, 0.2) is 18.3 Å². The average Bonchev–Trinajstić information content (AvgIpc) is 2.96. The Morgan fingerprint density at radius 2 is 2.19 bits per heavy atom. The van der Waals surface area contributed by atoms with Gasteiger partial charge in [0, 0.05) is 24.8 Å². The lowest BCUT2D eigenvalue weighted by Crippen LogP contribution is -2.23. The molecule has 0 unspecified atom stereocenters. The number of nitrogens with zero attached hydrogens (tertiary/aromatic N) is 1. The van der Waals surface area contributed by atoms with Gasteiger partial charge in [-0.3, -0.25) is 4.98 Å². The summed E-state index contributed by atoms with van der Waals surface area (Å²) in [4.78, 5) is 4.33. The molecule has 1 aliphatic rings. The normalized spacial score (nSPS) is 16.2. The minimum atomic E-state index is -0.150. The van der Waals surface area contributed by atoms with Crippen LogP contribution in [0.2, 0.25) is 0 Å². The minimum Gasteiger partial charge on any atom is -0.488 e. The quantitative estimate of drug-likeness (QED) is 0.846. The van der Waals surface area contributed by atoms with Crippen LogP contribution in [-0.4, -0.2) is 16.6 Å². The molecule has 0 aliphatic heterocycles. The first-order valence-corrected chi connectivity index (χ1v) is 5.90. The van der Waals surface area contributed by atoms with Gasteiger partial charge < -0.3 is 10.1 Å². The Hall–Kier alpha value is -1.09. The number of nitrogens with one attached hydrogen (secondary N) is 1. The largest absolute Gasteiger partial charge is 0.488 e. The highest BCUT2D eigenvalue weighted by Crippen LogP contribution is 2.21. The number of ether oxygens (including phenoxy) is 1. The van der Waals surface area contributed by atoms with Crippen LogP contribution in [0.5, 0.6) is 5.75 Å². The first-order valence-electron chi connectivity index (χ1n) is 5.90. The maximum atomic E-state index is 5.80. The van der Waals surface area contributed by atoms with Crippen molar-refractivity contribution in [1.82, 2.24) is 10.3 Å². The molecule has 0 bridgehead atoms. The van der Waals surface area contributed by atoms with Crippen molar-refractivity contribution in [3.05, 3.63) is 24.0 Å². The van der Waals surface area contributed by atoms with Crippen molar-refractivity contribution in [3.8, 4) is 5.75 Å². The van der Waals surface area contributed by atoms with Gasteiger partial charge in [-0.25, -0.2) is 0 Å². The van der Waals surface area contributed by atoms with Crippen LogP contribution in [0.4, 0.5) is 0 Å². The third-order valence-electron chi connectivity index (χ3n) is 2.36. The fourth-order valence-corrected chi connectivity index (χ4v) is 1.51. The van der Waals surface area contributed by atoms with E-state index >= 15 is 0 Å². The van der Waals surface area contributed by atoms with E-state index in [2.05, 4.69) is 31.1 Å². The molecule has 3 nitrogen and oxygen atoms in total.